The number of nitriles is 1. The molecule has 2 fully saturated rings. The molecule has 2 saturated carbocycles. The van der Waals surface area contributed by atoms with Crippen molar-refractivity contribution in [2.24, 2.45) is 29.1 Å². The summed E-state index contributed by atoms with van der Waals surface area (Å²) >= 11 is 0. The van der Waals surface area contributed by atoms with E-state index in [1.165, 1.54) is 57.8 Å². The van der Waals surface area contributed by atoms with Crippen LogP contribution >= 0.6 is 0 Å². The summed E-state index contributed by atoms with van der Waals surface area (Å²) in [4.78, 5) is 11.1. The largest absolute Gasteiger partial charge is 0.481 e. The Balaban J connectivity index is 2.19. The van der Waals surface area contributed by atoms with E-state index in [1.54, 1.807) is 0 Å². The van der Waals surface area contributed by atoms with Gasteiger partial charge in [-0.15, -0.1) is 0 Å². The molecule has 2 aliphatic carbocycles. The lowest BCUT2D eigenvalue weighted by Gasteiger charge is -2.51. The summed E-state index contributed by atoms with van der Waals surface area (Å²) in [5.41, 5.74) is 0.422. The van der Waals surface area contributed by atoms with Crippen LogP contribution in [0.2, 0.25) is 0 Å². The highest BCUT2D eigenvalue weighted by atomic mass is 16.4. The van der Waals surface area contributed by atoms with Gasteiger partial charge in [0, 0.05) is 12.3 Å². The van der Waals surface area contributed by atoms with Gasteiger partial charge < -0.3 is 5.11 Å². The third-order valence-corrected chi connectivity index (χ3v) is 7.54. The molecule has 0 saturated heterocycles. The zero-order valence-corrected chi connectivity index (χ0v) is 17.0. The first kappa shape index (κ1) is 21.3. The van der Waals surface area contributed by atoms with Crippen molar-refractivity contribution in [2.45, 2.75) is 104 Å². The first-order valence-corrected chi connectivity index (χ1v) is 11.1. The van der Waals surface area contributed by atoms with Crippen molar-refractivity contribution < 1.29 is 9.90 Å². The van der Waals surface area contributed by atoms with Gasteiger partial charge in [-0.1, -0.05) is 52.4 Å². The molecule has 0 radical (unpaired) electrons. The lowest BCUT2D eigenvalue weighted by Crippen LogP contribution is -2.43. The molecular weight excluding hydrogens is 322 g/mol. The molecule has 0 aromatic heterocycles. The standard InChI is InChI=1S/C23H39NO2/c1-3-4-6-13-23(14-7-5-8-15-23)21-16-19(17-24)10-11-20(21)18(2)9-12-22(25)26/h18-21H,3-16H2,1-2H3,(H,25,26). The third-order valence-electron chi connectivity index (χ3n) is 7.54. The Bertz CT molecular complexity index is 475. The van der Waals surface area contributed by atoms with Gasteiger partial charge in [-0.05, 0) is 68.1 Å². The molecule has 2 aliphatic rings. The van der Waals surface area contributed by atoms with E-state index in [0.717, 1.165) is 25.7 Å². The van der Waals surface area contributed by atoms with Crippen LogP contribution in [-0.4, -0.2) is 11.1 Å². The van der Waals surface area contributed by atoms with Gasteiger partial charge >= 0.3 is 5.97 Å². The van der Waals surface area contributed by atoms with Gasteiger partial charge in [0.1, 0.15) is 0 Å². The lowest BCUT2D eigenvalue weighted by atomic mass is 9.53. The Labute approximate surface area is 160 Å². The van der Waals surface area contributed by atoms with Crippen LogP contribution in [0.15, 0.2) is 0 Å². The quantitative estimate of drug-likeness (QED) is 0.472. The molecule has 0 spiro atoms. The van der Waals surface area contributed by atoms with Crippen molar-refractivity contribution in [3.05, 3.63) is 0 Å². The summed E-state index contributed by atoms with van der Waals surface area (Å²) in [5.74, 6) is 1.24. The first-order chi connectivity index (χ1) is 12.5. The molecule has 3 nitrogen and oxygen atoms in total. The summed E-state index contributed by atoms with van der Waals surface area (Å²) in [6, 6.07) is 2.57. The SMILES string of the molecule is CCCCCC1(C2CC(C#N)CCC2C(C)CCC(=O)O)CCCCC1. The normalized spacial score (nSPS) is 29.7. The van der Waals surface area contributed by atoms with Crippen molar-refractivity contribution >= 4 is 5.97 Å². The Morgan fingerprint density at radius 3 is 2.58 bits per heavy atom. The summed E-state index contributed by atoms with van der Waals surface area (Å²) in [5, 5.41) is 18.7. The van der Waals surface area contributed by atoms with E-state index in [0.29, 0.717) is 23.2 Å². The van der Waals surface area contributed by atoms with Crippen LogP contribution in [0, 0.1) is 40.4 Å². The van der Waals surface area contributed by atoms with Crippen LogP contribution in [-0.2, 0) is 4.79 Å². The molecular formula is C23H39NO2. The second-order valence-corrected chi connectivity index (χ2v) is 9.20. The fourth-order valence-corrected chi connectivity index (χ4v) is 6.05. The minimum absolute atomic E-state index is 0.216. The van der Waals surface area contributed by atoms with E-state index in [9.17, 15) is 10.1 Å². The highest BCUT2D eigenvalue weighted by molar-refractivity contribution is 5.66. The maximum atomic E-state index is 11.1. The molecule has 148 valence electrons. The smallest absolute Gasteiger partial charge is 0.303 e. The highest BCUT2D eigenvalue weighted by Gasteiger charge is 2.46. The van der Waals surface area contributed by atoms with Gasteiger partial charge in [-0.3, -0.25) is 4.79 Å². The van der Waals surface area contributed by atoms with Crippen molar-refractivity contribution in [3.8, 4) is 6.07 Å². The van der Waals surface area contributed by atoms with E-state index >= 15 is 0 Å². The molecule has 4 atom stereocenters. The van der Waals surface area contributed by atoms with E-state index in [1.807, 2.05) is 0 Å². The third kappa shape index (κ3) is 5.48. The molecule has 2 rings (SSSR count). The molecule has 0 heterocycles. The summed E-state index contributed by atoms with van der Waals surface area (Å²) in [6.07, 6.45) is 16.2. The van der Waals surface area contributed by atoms with E-state index in [4.69, 9.17) is 5.11 Å². The molecule has 0 aromatic rings. The maximum Gasteiger partial charge on any atom is 0.303 e. The second-order valence-electron chi connectivity index (χ2n) is 9.20. The Morgan fingerprint density at radius 2 is 1.96 bits per heavy atom. The van der Waals surface area contributed by atoms with Gasteiger partial charge in [0.2, 0.25) is 0 Å². The van der Waals surface area contributed by atoms with Crippen molar-refractivity contribution in [3.63, 3.8) is 0 Å². The van der Waals surface area contributed by atoms with Crippen LogP contribution in [0.3, 0.4) is 0 Å². The fourth-order valence-electron chi connectivity index (χ4n) is 6.05. The van der Waals surface area contributed by atoms with Gasteiger partial charge in [-0.2, -0.15) is 5.26 Å². The van der Waals surface area contributed by atoms with E-state index < -0.39 is 5.97 Å². The molecule has 4 unspecified atom stereocenters. The number of unbranched alkanes of at least 4 members (excludes halogenated alkanes) is 2. The van der Waals surface area contributed by atoms with Gasteiger partial charge in [0.25, 0.3) is 0 Å². The van der Waals surface area contributed by atoms with Gasteiger partial charge in [0.05, 0.1) is 6.07 Å². The molecule has 3 heteroatoms. The number of rotatable bonds is 9. The lowest BCUT2D eigenvalue weighted by molar-refractivity contribution is -0.137. The first-order valence-electron chi connectivity index (χ1n) is 11.1. The molecule has 0 aromatic carbocycles. The van der Waals surface area contributed by atoms with Gasteiger partial charge in [-0.25, -0.2) is 0 Å². The Kier molecular flexibility index (Phi) is 8.45. The molecule has 0 bridgehead atoms. The number of carbonyl (C=O) groups is 1. The summed E-state index contributed by atoms with van der Waals surface area (Å²) < 4.78 is 0. The topological polar surface area (TPSA) is 61.1 Å². The Hall–Kier alpha value is -1.04. The average molecular weight is 362 g/mol. The molecule has 0 aliphatic heterocycles. The number of nitrogens with zero attached hydrogens (tertiary/aromatic N) is 1. The van der Waals surface area contributed by atoms with Crippen LogP contribution in [0.1, 0.15) is 104 Å². The zero-order valence-electron chi connectivity index (χ0n) is 17.0. The minimum atomic E-state index is -0.672. The van der Waals surface area contributed by atoms with Gasteiger partial charge in [0.15, 0.2) is 0 Å². The monoisotopic (exact) mass is 361 g/mol. The summed E-state index contributed by atoms with van der Waals surface area (Å²) in [7, 11) is 0. The number of carboxylic acid groups (broad SMARTS) is 1. The number of hydrogen-bond acceptors (Lipinski definition) is 2. The van der Waals surface area contributed by atoms with Crippen molar-refractivity contribution in [2.75, 3.05) is 0 Å². The van der Waals surface area contributed by atoms with Crippen molar-refractivity contribution in [1.29, 1.82) is 5.26 Å². The number of aliphatic carboxylic acids is 1. The second kappa shape index (κ2) is 10.3. The van der Waals surface area contributed by atoms with Crippen LogP contribution in [0.4, 0.5) is 0 Å². The van der Waals surface area contributed by atoms with Crippen molar-refractivity contribution in [1.82, 2.24) is 0 Å². The maximum absolute atomic E-state index is 11.1. The number of carboxylic acids is 1. The Morgan fingerprint density at radius 1 is 1.23 bits per heavy atom. The number of hydrogen-bond donors (Lipinski definition) is 1. The summed E-state index contributed by atoms with van der Waals surface area (Å²) in [6.45, 7) is 4.55. The van der Waals surface area contributed by atoms with E-state index in [-0.39, 0.29) is 12.3 Å². The molecule has 26 heavy (non-hydrogen) atoms. The predicted octanol–water partition coefficient (Wildman–Crippen LogP) is 6.57. The van der Waals surface area contributed by atoms with Crippen LogP contribution < -0.4 is 0 Å². The van der Waals surface area contributed by atoms with E-state index in [2.05, 4.69) is 19.9 Å². The predicted molar refractivity (Wildman–Crippen MR) is 106 cm³/mol. The molecule has 0 amide bonds. The minimum Gasteiger partial charge on any atom is -0.481 e. The average Bonchev–Trinajstić information content (AvgIpc) is 2.66. The van der Waals surface area contributed by atoms with Crippen LogP contribution in [0.25, 0.3) is 0 Å². The molecule has 1 N–H and O–H groups in total. The fraction of sp³-hybridized carbons (Fsp3) is 0.913. The highest BCUT2D eigenvalue weighted by Crippen LogP contribution is 2.56. The zero-order chi connectivity index (χ0) is 19.0. The van der Waals surface area contributed by atoms with Crippen LogP contribution in [0.5, 0.6) is 0 Å².